The molecular formula is C17H20O2. The van der Waals surface area contributed by atoms with Crippen molar-refractivity contribution in [3.8, 4) is 0 Å². The first-order chi connectivity index (χ1) is 9.29. The van der Waals surface area contributed by atoms with E-state index in [1.54, 1.807) is 0 Å². The summed E-state index contributed by atoms with van der Waals surface area (Å²) in [5, 5.41) is 0. The molecule has 0 saturated heterocycles. The van der Waals surface area contributed by atoms with E-state index >= 15 is 0 Å². The number of carbonyl (C=O) groups is 1. The standard InChI is InChI=1S/C17H20O2/c1-2-6-14-15-9-13(17(14)18)10-16(15)19-11-12-7-4-3-5-8-12/h2-5,7-8,13-16H,1,6,9-11H2/t13-,14+,15-,16+/m0/s1. The summed E-state index contributed by atoms with van der Waals surface area (Å²) in [6.45, 7) is 4.42. The van der Waals surface area contributed by atoms with Gasteiger partial charge in [0.2, 0.25) is 0 Å². The lowest BCUT2D eigenvalue weighted by atomic mass is 9.83. The van der Waals surface area contributed by atoms with Crippen LogP contribution >= 0.6 is 0 Å². The normalized spacial score (nSPS) is 32.7. The van der Waals surface area contributed by atoms with Crippen LogP contribution in [0.4, 0.5) is 0 Å². The van der Waals surface area contributed by atoms with E-state index < -0.39 is 0 Å². The first-order valence-corrected chi connectivity index (χ1v) is 7.09. The first-order valence-electron chi connectivity index (χ1n) is 7.09. The Kier molecular flexibility index (Phi) is 3.52. The number of benzene rings is 1. The monoisotopic (exact) mass is 256 g/mol. The number of hydrogen-bond donors (Lipinski definition) is 0. The van der Waals surface area contributed by atoms with Crippen LogP contribution in [-0.2, 0) is 16.1 Å². The zero-order chi connectivity index (χ0) is 13.2. The van der Waals surface area contributed by atoms with E-state index in [0.29, 0.717) is 18.3 Å². The molecule has 2 nitrogen and oxygen atoms in total. The fourth-order valence-corrected chi connectivity index (χ4v) is 3.64. The highest BCUT2D eigenvalue weighted by atomic mass is 16.5. The Hall–Kier alpha value is -1.41. The number of rotatable bonds is 5. The Bertz CT molecular complexity index is 465. The van der Waals surface area contributed by atoms with Gasteiger partial charge in [0.05, 0.1) is 12.7 Å². The molecule has 2 fully saturated rings. The summed E-state index contributed by atoms with van der Waals surface area (Å²) in [5.41, 5.74) is 1.21. The van der Waals surface area contributed by atoms with Crippen LogP contribution in [0.2, 0.25) is 0 Å². The van der Waals surface area contributed by atoms with Gasteiger partial charge in [-0.3, -0.25) is 4.79 Å². The lowest BCUT2D eigenvalue weighted by Crippen LogP contribution is -2.33. The highest BCUT2D eigenvalue weighted by Crippen LogP contribution is 2.48. The molecule has 1 aromatic carbocycles. The SMILES string of the molecule is C=CC[C@H]1C(=O)[C@H]2C[C@@H]1[C@H](OCc1ccccc1)C2. The zero-order valence-electron chi connectivity index (χ0n) is 11.1. The van der Waals surface area contributed by atoms with Gasteiger partial charge in [0.1, 0.15) is 5.78 Å². The molecule has 2 bridgehead atoms. The number of Topliss-reactive ketones (excluding diaryl/α,β-unsaturated/α-hetero) is 1. The maximum Gasteiger partial charge on any atom is 0.139 e. The minimum Gasteiger partial charge on any atom is -0.373 e. The quantitative estimate of drug-likeness (QED) is 0.755. The molecule has 2 heteroatoms. The van der Waals surface area contributed by atoms with Gasteiger partial charge in [0.15, 0.2) is 0 Å². The summed E-state index contributed by atoms with van der Waals surface area (Å²) in [4.78, 5) is 12.1. The minimum absolute atomic E-state index is 0.164. The van der Waals surface area contributed by atoms with Crippen molar-refractivity contribution in [3.63, 3.8) is 0 Å². The highest BCUT2D eigenvalue weighted by molar-refractivity contribution is 5.87. The maximum absolute atomic E-state index is 12.1. The van der Waals surface area contributed by atoms with Gasteiger partial charge in [0, 0.05) is 11.8 Å². The molecular weight excluding hydrogens is 236 g/mol. The summed E-state index contributed by atoms with van der Waals surface area (Å²) in [6.07, 6.45) is 4.89. The molecule has 0 spiro atoms. The maximum atomic E-state index is 12.1. The molecule has 0 unspecified atom stereocenters. The largest absolute Gasteiger partial charge is 0.373 e. The average Bonchev–Trinajstić information content (AvgIpc) is 2.98. The number of ketones is 1. The van der Waals surface area contributed by atoms with Crippen molar-refractivity contribution in [1.82, 2.24) is 0 Å². The van der Waals surface area contributed by atoms with Crippen molar-refractivity contribution in [1.29, 1.82) is 0 Å². The van der Waals surface area contributed by atoms with Gasteiger partial charge in [-0.05, 0) is 30.7 Å². The Morgan fingerprint density at radius 3 is 2.74 bits per heavy atom. The van der Waals surface area contributed by atoms with Gasteiger partial charge in [-0.15, -0.1) is 6.58 Å². The van der Waals surface area contributed by atoms with E-state index in [1.165, 1.54) is 5.56 Å². The molecule has 1 aromatic rings. The van der Waals surface area contributed by atoms with Crippen LogP contribution in [-0.4, -0.2) is 11.9 Å². The fourth-order valence-electron chi connectivity index (χ4n) is 3.64. The Morgan fingerprint density at radius 1 is 1.26 bits per heavy atom. The average molecular weight is 256 g/mol. The van der Waals surface area contributed by atoms with Crippen molar-refractivity contribution in [2.75, 3.05) is 0 Å². The number of ether oxygens (including phenoxy) is 1. The van der Waals surface area contributed by atoms with Crippen LogP contribution in [0, 0.1) is 17.8 Å². The van der Waals surface area contributed by atoms with E-state index in [9.17, 15) is 4.79 Å². The molecule has 2 saturated carbocycles. The van der Waals surface area contributed by atoms with Gasteiger partial charge in [-0.25, -0.2) is 0 Å². The van der Waals surface area contributed by atoms with Gasteiger partial charge < -0.3 is 4.74 Å². The molecule has 0 aliphatic heterocycles. The van der Waals surface area contributed by atoms with Crippen molar-refractivity contribution < 1.29 is 9.53 Å². The lowest BCUT2D eigenvalue weighted by molar-refractivity contribution is -0.129. The molecule has 0 aromatic heterocycles. The summed E-state index contributed by atoms with van der Waals surface area (Å²) in [6, 6.07) is 10.2. The van der Waals surface area contributed by atoms with Crippen molar-refractivity contribution in [2.45, 2.75) is 32.0 Å². The predicted molar refractivity (Wildman–Crippen MR) is 74.5 cm³/mol. The molecule has 19 heavy (non-hydrogen) atoms. The second-order valence-electron chi connectivity index (χ2n) is 5.70. The Labute approximate surface area is 114 Å². The molecule has 0 N–H and O–H groups in total. The molecule has 0 amide bonds. The summed E-state index contributed by atoms with van der Waals surface area (Å²) >= 11 is 0. The molecule has 0 heterocycles. The highest BCUT2D eigenvalue weighted by Gasteiger charge is 2.51. The molecule has 0 radical (unpaired) electrons. The third kappa shape index (κ3) is 2.37. The third-order valence-electron chi connectivity index (χ3n) is 4.56. The summed E-state index contributed by atoms with van der Waals surface area (Å²) < 4.78 is 6.06. The van der Waals surface area contributed by atoms with E-state index in [1.807, 2.05) is 24.3 Å². The van der Waals surface area contributed by atoms with Crippen LogP contribution in [0.1, 0.15) is 24.8 Å². The second kappa shape index (κ2) is 5.30. The van der Waals surface area contributed by atoms with Crippen molar-refractivity contribution in [3.05, 3.63) is 48.6 Å². The Balaban J connectivity index is 1.61. The molecule has 2 aliphatic carbocycles. The van der Waals surface area contributed by atoms with Crippen LogP contribution in [0.15, 0.2) is 43.0 Å². The number of allylic oxidation sites excluding steroid dienone is 1. The Morgan fingerprint density at radius 2 is 2.05 bits per heavy atom. The summed E-state index contributed by atoms with van der Waals surface area (Å²) in [7, 11) is 0. The van der Waals surface area contributed by atoms with E-state index in [4.69, 9.17) is 4.74 Å². The van der Waals surface area contributed by atoms with Gasteiger partial charge in [-0.1, -0.05) is 36.4 Å². The zero-order valence-corrected chi connectivity index (χ0v) is 11.1. The summed E-state index contributed by atoms with van der Waals surface area (Å²) in [5.74, 6) is 1.27. The predicted octanol–water partition coefficient (Wildman–Crippen LogP) is 3.37. The second-order valence-corrected chi connectivity index (χ2v) is 5.70. The van der Waals surface area contributed by atoms with Crippen LogP contribution in [0.3, 0.4) is 0 Å². The van der Waals surface area contributed by atoms with E-state index in [-0.39, 0.29) is 17.9 Å². The number of fused-ring (bicyclic) bond motifs is 2. The van der Waals surface area contributed by atoms with Crippen LogP contribution in [0.5, 0.6) is 0 Å². The minimum atomic E-state index is 0.164. The van der Waals surface area contributed by atoms with Gasteiger partial charge in [-0.2, -0.15) is 0 Å². The van der Waals surface area contributed by atoms with Gasteiger partial charge >= 0.3 is 0 Å². The van der Waals surface area contributed by atoms with Crippen molar-refractivity contribution >= 4 is 5.78 Å². The number of carbonyl (C=O) groups excluding carboxylic acids is 1. The molecule has 2 aliphatic rings. The van der Waals surface area contributed by atoms with Crippen LogP contribution < -0.4 is 0 Å². The van der Waals surface area contributed by atoms with E-state index in [2.05, 4.69) is 18.7 Å². The third-order valence-corrected chi connectivity index (χ3v) is 4.56. The molecule has 100 valence electrons. The first kappa shape index (κ1) is 12.6. The lowest BCUT2D eigenvalue weighted by Gasteiger charge is -2.28. The van der Waals surface area contributed by atoms with Crippen molar-refractivity contribution in [2.24, 2.45) is 17.8 Å². The molecule has 3 rings (SSSR count). The van der Waals surface area contributed by atoms with E-state index in [0.717, 1.165) is 19.3 Å². The van der Waals surface area contributed by atoms with Crippen LogP contribution in [0.25, 0.3) is 0 Å². The molecule has 4 atom stereocenters. The fraction of sp³-hybridized carbons (Fsp3) is 0.471. The van der Waals surface area contributed by atoms with Gasteiger partial charge in [0.25, 0.3) is 0 Å². The smallest absolute Gasteiger partial charge is 0.139 e. The topological polar surface area (TPSA) is 26.3 Å². The number of hydrogen-bond acceptors (Lipinski definition) is 2.